The Morgan fingerprint density at radius 3 is 2.56 bits per heavy atom. The van der Waals surface area contributed by atoms with Gasteiger partial charge in [0, 0.05) is 21.8 Å². The molecule has 3 amide bonds. The average Bonchev–Trinajstić information content (AvgIpc) is 3.42. The number of fused-ring (bicyclic) bond motifs is 7. The summed E-state index contributed by atoms with van der Waals surface area (Å²) in [7, 11) is 0. The summed E-state index contributed by atoms with van der Waals surface area (Å²) in [5, 5.41) is 3.09. The molecular formula is C25H24BrN3O3. The first-order valence-corrected chi connectivity index (χ1v) is 11.9. The van der Waals surface area contributed by atoms with Gasteiger partial charge in [0.1, 0.15) is 5.54 Å². The largest absolute Gasteiger partial charge is 0.324 e. The maximum Gasteiger partial charge on any atom is 0.250 e. The smallest absolute Gasteiger partial charge is 0.250 e. The van der Waals surface area contributed by atoms with Crippen molar-refractivity contribution in [3.63, 3.8) is 0 Å². The second-order valence-electron chi connectivity index (χ2n) is 9.60. The molecule has 6 nitrogen and oxygen atoms in total. The number of hydrogen-bond donors (Lipinski definition) is 1. The molecule has 0 aliphatic carbocycles. The lowest BCUT2D eigenvalue weighted by Crippen LogP contribution is -2.54. The zero-order valence-corrected chi connectivity index (χ0v) is 19.8. The number of carbonyl (C=O) groups excluding carboxylic acids is 3. The van der Waals surface area contributed by atoms with Gasteiger partial charge in [-0.15, -0.1) is 0 Å². The molecule has 0 radical (unpaired) electrons. The van der Waals surface area contributed by atoms with E-state index in [1.165, 1.54) is 4.90 Å². The molecule has 4 atom stereocenters. The third-order valence-electron chi connectivity index (χ3n) is 7.79. The van der Waals surface area contributed by atoms with Gasteiger partial charge < -0.3 is 5.32 Å². The zero-order chi connectivity index (χ0) is 22.5. The summed E-state index contributed by atoms with van der Waals surface area (Å²) >= 11 is 3.54. The molecule has 3 fully saturated rings. The van der Waals surface area contributed by atoms with Gasteiger partial charge in [-0.2, -0.15) is 0 Å². The number of benzene rings is 2. The number of amides is 3. The molecule has 6 rings (SSSR count). The van der Waals surface area contributed by atoms with E-state index >= 15 is 0 Å². The van der Waals surface area contributed by atoms with Crippen LogP contribution in [0.3, 0.4) is 0 Å². The predicted molar refractivity (Wildman–Crippen MR) is 124 cm³/mol. The van der Waals surface area contributed by atoms with Crippen LogP contribution in [0.4, 0.5) is 11.4 Å². The Kier molecular flexibility index (Phi) is 4.10. The van der Waals surface area contributed by atoms with Crippen molar-refractivity contribution in [3.05, 3.63) is 57.1 Å². The van der Waals surface area contributed by atoms with Crippen molar-refractivity contribution in [2.75, 3.05) is 16.8 Å². The van der Waals surface area contributed by atoms with E-state index in [0.29, 0.717) is 16.7 Å². The Morgan fingerprint density at radius 1 is 1.03 bits per heavy atom. The highest BCUT2D eigenvalue weighted by Gasteiger charge is 2.74. The fourth-order valence-electron chi connectivity index (χ4n) is 6.69. The summed E-state index contributed by atoms with van der Waals surface area (Å²) in [5.74, 6) is -1.89. The minimum atomic E-state index is -1.13. The van der Waals surface area contributed by atoms with Gasteiger partial charge in [0.05, 0.1) is 17.5 Å². The van der Waals surface area contributed by atoms with Crippen LogP contribution in [-0.2, 0) is 19.9 Å². The van der Waals surface area contributed by atoms with Gasteiger partial charge in [0.25, 0.3) is 0 Å². The molecule has 0 saturated carbocycles. The van der Waals surface area contributed by atoms with E-state index in [9.17, 15) is 14.4 Å². The minimum Gasteiger partial charge on any atom is -0.324 e. The van der Waals surface area contributed by atoms with Crippen molar-refractivity contribution in [1.29, 1.82) is 0 Å². The summed E-state index contributed by atoms with van der Waals surface area (Å²) in [4.78, 5) is 45.1. The van der Waals surface area contributed by atoms with Crippen LogP contribution in [0.1, 0.15) is 35.1 Å². The second-order valence-corrected chi connectivity index (χ2v) is 10.5. The van der Waals surface area contributed by atoms with Crippen molar-refractivity contribution in [2.45, 2.75) is 45.2 Å². The van der Waals surface area contributed by atoms with Crippen LogP contribution in [0.2, 0.25) is 0 Å². The predicted octanol–water partition coefficient (Wildman–Crippen LogP) is 3.81. The first-order chi connectivity index (χ1) is 15.3. The monoisotopic (exact) mass is 493 g/mol. The molecular weight excluding hydrogens is 470 g/mol. The van der Waals surface area contributed by atoms with Gasteiger partial charge >= 0.3 is 0 Å². The van der Waals surface area contributed by atoms with Gasteiger partial charge in [-0.1, -0.05) is 23.8 Å². The van der Waals surface area contributed by atoms with E-state index in [1.807, 2.05) is 51.1 Å². The van der Waals surface area contributed by atoms with Crippen LogP contribution >= 0.6 is 15.9 Å². The van der Waals surface area contributed by atoms with Crippen LogP contribution in [0.25, 0.3) is 0 Å². The second kappa shape index (κ2) is 6.51. The Balaban J connectivity index is 1.58. The lowest BCUT2D eigenvalue weighted by atomic mass is 9.75. The molecule has 0 bridgehead atoms. The van der Waals surface area contributed by atoms with E-state index in [1.54, 1.807) is 0 Å². The number of halogens is 1. The lowest BCUT2D eigenvalue weighted by molar-refractivity contribution is -0.135. The highest BCUT2D eigenvalue weighted by Crippen LogP contribution is 2.61. The van der Waals surface area contributed by atoms with Crippen molar-refractivity contribution < 1.29 is 14.4 Å². The maximum absolute atomic E-state index is 14.0. The van der Waals surface area contributed by atoms with Crippen molar-refractivity contribution in [3.8, 4) is 0 Å². The van der Waals surface area contributed by atoms with Gasteiger partial charge in [-0.05, 0) is 79.3 Å². The summed E-state index contributed by atoms with van der Waals surface area (Å²) in [6.07, 6.45) is 1.73. The number of aryl methyl sites for hydroxylation is 3. The molecule has 1 spiro atoms. The van der Waals surface area contributed by atoms with Crippen LogP contribution < -0.4 is 10.2 Å². The maximum atomic E-state index is 14.0. The van der Waals surface area contributed by atoms with Gasteiger partial charge in [0.2, 0.25) is 17.7 Å². The van der Waals surface area contributed by atoms with Gasteiger partial charge in [-0.25, -0.2) is 4.90 Å². The molecule has 32 heavy (non-hydrogen) atoms. The molecule has 4 aliphatic heterocycles. The van der Waals surface area contributed by atoms with E-state index in [4.69, 9.17) is 0 Å². The fraction of sp³-hybridized carbons (Fsp3) is 0.400. The SMILES string of the molecule is Cc1ccc(N2C(=O)[C@H]3[C@@H](C2=O)[C@]2(C(=O)Nc4c(C)cc(C)cc42)N2CCC[C@@H]32)c(Br)c1. The molecule has 7 heteroatoms. The molecule has 1 N–H and O–H groups in total. The average molecular weight is 494 g/mol. The van der Waals surface area contributed by atoms with E-state index in [2.05, 4.69) is 26.1 Å². The van der Waals surface area contributed by atoms with Crippen LogP contribution in [0.5, 0.6) is 0 Å². The topological polar surface area (TPSA) is 69.7 Å². The molecule has 4 aliphatic rings. The minimum absolute atomic E-state index is 0.108. The normalized spacial score (nSPS) is 30.8. The van der Waals surface area contributed by atoms with Crippen LogP contribution in [0.15, 0.2) is 34.8 Å². The molecule has 3 saturated heterocycles. The standard InChI is InChI=1S/C25H24BrN3O3/c1-12-6-7-17(16(26)11-12)29-22(30)19-18-5-4-8-28(18)25(20(19)23(29)31)15-10-13(2)9-14(3)21(15)27-24(25)32/h6-7,9-11,18-20H,4-5,8H2,1-3H3,(H,27,32)/t18-,19+,20-,25+/m0/s1. The number of carbonyl (C=O) groups is 3. The molecule has 2 aromatic carbocycles. The molecule has 2 aromatic rings. The highest BCUT2D eigenvalue weighted by atomic mass is 79.9. The van der Waals surface area contributed by atoms with E-state index in [0.717, 1.165) is 40.8 Å². The molecule has 0 aromatic heterocycles. The number of nitrogens with zero attached hydrogens (tertiary/aromatic N) is 2. The number of anilines is 2. The third-order valence-corrected chi connectivity index (χ3v) is 8.42. The summed E-state index contributed by atoms with van der Waals surface area (Å²) in [6, 6.07) is 9.58. The first-order valence-electron chi connectivity index (χ1n) is 11.1. The molecule has 164 valence electrons. The van der Waals surface area contributed by atoms with Crippen molar-refractivity contribution >= 4 is 45.0 Å². The summed E-state index contributed by atoms with van der Waals surface area (Å²) < 4.78 is 0.708. The molecule has 4 heterocycles. The van der Waals surface area contributed by atoms with E-state index < -0.39 is 17.4 Å². The fourth-order valence-corrected chi connectivity index (χ4v) is 7.36. The number of nitrogens with one attached hydrogen (secondary N) is 1. The van der Waals surface area contributed by atoms with Crippen molar-refractivity contribution in [2.24, 2.45) is 11.8 Å². The van der Waals surface area contributed by atoms with Crippen LogP contribution in [0, 0.1) is 32.6 Å². The molecule has 0 unspecified atom stereocenters. The summed E-state index contributed by atoms with van der Waals surface area (Å²) in [6.45, 7) is 6.67. The number of rotatable bonds is 1. The highest BCUT2D eigenvalue weighted by molar-refractivity contribution is 9.10. The Hall–Kier alpha value is -2.51. The van der Waals surface area contributed by atoms with Crippen LogP contribution in [-0.4, -0.2) is 35.2 Å². The van der Waals surface area contributed by atoms with Gasteiger partial charge in [-0.3, -0.25) is 19.3 Å². The Labute approximate surface area is 195 Å². The summed E-state index contributed by atoms with van der Waals surface area (Å²) in [5.41, 5.74) is 4.14. The Bertz CT molecular complexity index is 1240. The Morgan fingerprint density at radius 2 is 1.81 bits per heavy atom. The lowest BCUT2D eigenvalue weighted by Gasteiger charge is -2.37. The van der Waals surface area contributed by atoms with Gasteiger partial charge in [0.15, 0.2) is 0 Å². The third kappa shape index (κ3) is 2.26. The number of imide groups is 1. The van der Waals surface area contributed by atoms with Crippen molar-refractivity contribution in [1.82, 2.24) is 4.90 Å². The first kappa shape index (κ1) is 20.1. The number of hydrogen-bond acceptors (Lipinski definition) is 4. The zero-order valence-electron chi connectivity index (χ0n) is 18.2. The quantitative estimate of drug-likeness (QED) is 0.613. The van der Waals surface area contributed by atoms with E-state index in [-0.39, 0.29) is 23.8 Å².